The number of aromatic nitrogens is 1. The molecule has 1 aliphatic heterocycles. The van der Waals surface area contributed by atoms with E-state index < -0.39 is 10.0 Å². The summed E-state index contributed by atoms with van der Waals surface area (Å²) in [7, 11) is -3.53. The third-order valence-corrected chi connectivity index (χ3v) is 7.82. The van der Waals surface area contributed by atoms with Crippen LogP contribution < -0.4 is 0 Å². The van der Waals surface area contributed by atoms with Crippen molar-refractivity contribution in [2.24, 2.45) is 0 Å². The molecule has 2 heterocycles. The first-order valence-corrected chi connectivity index (χ1v) is 11.4. The molecule has 1 saturated heterocycles. The van der Waals surface area contributed by atoms with Crippen LogP contribution in [0.25, 0.3) is 11.0 Å². The number of benzene rings is 2. The quantitative estimate of drug-likeness (QED) is 0.656. The molecule has 5 nitrogen and oxygen atoms in total. The number of rotatable bonds is 4. The smallest absolute Gasteiger partial charge is 0.220 e. The fourth-order valence-corrected chi connectivity index (χ4v) is 6.18. The van der Waals surface area contributed by atoms with Gasteiger partial charge in [-0.3, -0.25) is 0 Å². The SMILES string of the molecule is O=S(=O)(Cc1noc2ccccc12)N1CCSC(c2ccccc2F)CC1. The molecule has 0 radical (unpaired) electrons. The first-order valence-electron chi connectivity index (χ1n) is 8.72. The van der Waals surface area contributed by atoms with Crippen molar-refractivity contribution in [1.29, 1.82) is 0 Å². The van der Waals surface area contributed by atoms with Crippen LogP contribution in [0.3, 0.4) is 0 Å². The first-order chi connectivity index (χ1) is 13.0. The van der Waals surface area contributed by atoms with Crippen LogP contribution in [0.2, 0.25) is 0 Å². The van der Waals surface area contributed by atoms with E-state index in [1.54, 1.807) is 30.0 Å². The number of fused-ring (bicyclic) bond motifs is 1. The summed E-state index contributed by atoms with van der Waals surface area (Å²) < 4.78 is 46.6. The zero-order valence-corrected chi connectivity index (χ0v) is 16.2. The van der Waals surface area contributed by atoms with Crippen molar-refractivity contribution in [3.8, 4) is 0 Å². The molecule has 142 valence electrons. The molecule has 4 rings (SSSR count). The summed E-state index contributed by atoms with van der Waals surface area (Å²) in [4.78, 5) is 0. The highest BCUT2D eigenvalue weighted by Crippen LogP contribution is 2.36. The highest BCUT2D eigenvalue weighted by Gasteiger charge is 2.29. The molecule has 0 amide bonds. The maximum Gasteiger partial charge on any atom is 0.220 e. The van der Waals surface area contributed by atoms with Crippen LogP contribution in [0.15, 0.2) is 53.1 Å². The largest absolute Gasteiger partial charge is 0.356 e. The van der Waals surface area contributed by atoms with Crippen LogP contribution in [0, 0.1) is 5.82 Å². The van der Waals surface area contributed by atoms with Crippen LogP contribution >= 0.6 is 11.8 Å². The second kappa shape index (κ2) is 7.61. The molecule has 0 aliphatic carbocycles. The van der Waals surface area contributed by atoms with Gasteiger partial charge in [0.25, 0.3) is 0 Å². The maximum absolute atomic E-state index is 14.1. The van der Waals surface area contributed by atoms with E-state index in [0.29, 0.717) is 42.1 Å². The summed E-state index contributed by atoms with van der Waals surface area (Å²) >= 11 is 1.60. The summed E-state index contributed by atoms with van der Waals surface area (Å²) in [6.45, 7) is 0.776. The fraction of sp³-hybridized carbons (Fsp3) is 0.316. The number of halogens is 1. The minimum absolute atomic E-state index is 0.0423. The van der Waals surface area contributed by atoms with Crippen molar-refractivity contribution in [3.05, 3.63) is 65.6 Å². The fourth-order valence-electron chi connectivity index (χ4n) is 3.32. The Labute approximate surface area is 161 Å². The Morgan fingerprint density at radius 2 is 1.93 bits per heavy atom. The van der Waals surface area contributed by atoms with Crippen molar-refractivity contribution in [2.45, 2.75) is 17.4 Å². The summed E-state index contributed by atoms with van der Waals surface area (Å²) in [6.07, 6.45) is 0.574. The van der Waals surface area contributed by atoms with Gasteiger partial charge in [-0.25, -0.2) is 17.1 Å². The summed E-state index contributed by atoms with van der Waals surface area (Å²) in [5, 5.41) is 4.61. The van der Waals surface area contributed by atoms with Crippen LogP contribution in [0.5, 0.6) is 0 Å². The topological polar surface area (TPSA) is 63.4 Å². The molecule has 1 aliphatic rings. The van der Waals surface area contributed by atoms with Crippen LogP contribution in [0.4, 0.5) is 4.39 Å². The lowest BCUT2D eigenvalue weighted by atomic mass is 10.1. The van der Waals surface area contributed by atoms with Gasteiger partial charge in [-0.05, 0) is 24.6 Å². The summed E-state index contributed by atoms with van der Waals surface area (Å²) in [5.41, 5.74) is 1.64. The van der Waals surface area contributed by atoms with Gasteiger partial charge in [0.05, 0.1) is 0 Å². The minimum Gasteiger partial charge on any atom is -0.356 e. The average Bonchev–Trinajstić information content (AvgIpc) is 2.89. The Kier molecular flexibility index (Phi) is 5.21. The second-order valence-electron chi connectivity index (χ2n) is 6.45. The molecule has 2 aromatic carbocycles. The molecule has 8 heteroatoms. The number of hydrogen-bond acceptors (Lipinski definition) is 5. The Hall–Kier alpha value is -1.90. The number of hydrogen-bond donors (Lipinski definition) is 0. The van der Waals surface area contributed by atoms with Gasteiger partial charge >= 0.3 is 0 Å². The number of para-hydroxylation sites is 1. The molecule has 0 spiro atoms. The molecule has 1 fully saturated rings. The van der Waals surface area contributed by atoms with Crippen molar-refractivity contribution in [2.75, 3.05) is 18.8 Å². The van der Waals surface area contributed by atoms with Crippen molar-refractivity contribution >= 4 is 32.8 Å². The monoisotopic (exact) mass is 406 g/mol. The highest BCUT2D eigenvalue weighted by atomic mass is 32.2. The Morgan fingerprint density at radius 3 is 2.78 bits per heavy atom. The lowest BCUT2D eigenvalue weighted by molar-refractivity contribution is 0.421. The molecule has 27 heavy (non-hydrogen) atoms. The predicted molar refractivity (Wildman–Crippen MR) is 104 cm³/mol. The van der Waals surface area contributed by atoms with E-state index in [0.717, 1.165) is 5.39 Å². The van der Waals surface area contributed by atoms with Crippen molar-refractivity contribution in [1.82, 2.24) is 9.46 Å². The molecule has 0 N–H and O–H groups in total. The lowest BCUT2D eigenvalue weighted by Crippen LogP contribution is -2.34. The molecule has 1 atom stereocenters. The molecule has 1 unspecified atom stereocenters. The van der Waals surface area contributed by atoms with Crippen molar-refractivity contribution < 1.29 is 17.3 Å². The number of sulfonamides is 1. The Balaban J connectivity index is 1.50. The third-order valence-electron chi connectivity index (χ3n) is 4.72. The molecule has 0 saturated carbocycles. The van der Waals surface area contributed by atoms with Gasteiger partial charge in [0.15, 0.2) is 5.58 Å². The van der Waals surface area contributed by atoms with E-state index in [4.69, 9.17) is 4.52 Å². The summed E-state index contributed by atoms with van der Waals surface area (Å²) in [5.74, 6) is 0.192. The predicted octanol–water partition coefficient (Wildman–Crippen LogP) is 3.98. The van der Waals surface area contributed by atoms with Crippen LogP contribution in [-0.4, -0.2) is 36.7 Å². The van der Waals surface area contributed by atoms with E-state index in [2.05, 4.69) is 5.16 Å². The van der Waals surface area contributed by atoms with Gasteiger partial charge in [0, 0.05) is 35.0 Å². The van der Waals surface area contributed by atoms with Gasteiger partial charge in [0.2, 0.25) is 10.0 Å². The Morgan fingerprint density at radius 1 is 1.15 bits per heavy atom. The van der Waals surface area contributed by atoms with Crippen molar-refractivity contribution in [3.63, 3.8) is 0 Å². The standard InChI is InChI=1S/C19H19FN2O3S2/c20-16-7-3-1-5-14(16)19-9-10-22(11-12-26-19)27(23,24)13-17-15-6-2-4-8-18(15)25-21-17/h1-8,19H,9-13H2. The van der Waals surface area contributed by atoms with E-state index in [9.17, 15) is 12.8 Å². The van der Waals surface area contributed by atoms with E-state index in [-0.39, 0.29) is 16.8 Å². The number of nitrogens with zero attached hydrogens (tertiary/aromatic N) is 2. The zero-order chi connectivity index (χ0) is 18.9. The second-order valence-corrected chi connectivity index (χ2v) is 9.73. The van der Waals surface area contributed by atoms with Crippen LogP contribution in [0.1, 0.15) is 22.9 Å². The minimum atomic E-state index is -3.53. The third kappa shape index (κ3) is 3.88. The molecule has 3 aromatic rings. The maximum atomic E-state index is 14.1. The number of thioether (sulfide) groups is 1. The zero-order valence-electron chi connectivity index (χ0n) is 14.5. The van der Waals surface area contributed by atoms with E-state index >= 15 is 0 Å². The normalized spacial score (nSPS) is 19.2. The average molecular weight is 407 g/mol. The Bertz CT molecular complexity index is 1050. The molecule has 1 aromatic heterocycles. The van der Waals surface area contributed by atoms with Gasteiger partial charge in [-0.15, -0.1) is 0 Å². The lowest BCUT2D eigenvalue weighted by Gasteiger charge is -2.19. The van der Waals surface area contributed by atoms with Gasteiger partial charge < -0.3 is 4.52 Å². The molecular formula is C19H19FN2O3S2. The van der Waals surface area contributed by atoms with Crippen LogP contribution in [-0.2, 0) is 15.8 Å². The molecular weight excluding hydrogens is 387 g/mol. The van der Waals surface area contributed by atoms with Gasteiger partial charge in [0.1, 0.15) is 17.3 Å². The highest BCUT2D eigenvalue weighted by molar-refractivity contribution is 7.99. The van der Waals surface area contributed by atoms with Gasteiger partial charge in [-0.2, -0.15) is 11.8 Å². The first kappa shape index (κ1) is 18.5. The summed E-state index contributed by atoms with van der Waals surface area (Å²) in [6, 6.07) is 13.9. The van der Waals surface area contributed by atoms with E-state index in [1.165, 1.54) is 10.4 Å². The van der Waals surface area contributed by atoms with Gasteiger partial charge in [-0.1, -0.05) is 35.5 Å². The van der Waals surface area contributed by atoms with E-state index in [1.807, 2.05) is 24.3 Å². The molecule has 0 bridgehead atoms.